The van der Waals surface area contributed by atoms with Gasteiger partial charge in [0.2, 0.25) is 0 Å². The van der Waals surface area contributed by atoms with Crippen molar-refractivity contribution in [3.05, 3.63) is 23.9 Å². The zero-order valence-electron chi connectivity index (χ0n) is 8.41. The first-order chi connectivity index (χ1) is 7.58. The van der Waals surface area contributed by atoms with Crippen LogP contribution in [0.5, 0.6) is 0 Å². The smallest absolute Gasteiger partial charge is 0.330 e. The van der Waals surface area contributed by atoms with Crippen LogP contribution in [0.15, 0.2) is 12.3 Å². The number of hydrogen-bond donors (Lipinski definition) is 2. The van der Waals surface area contributed by atoms with Crippen molar-refractivity contribution >= 4 is 11.8 Å². The minimum Gasteiger partial charge on any atom is -0.467 e. The van der Waals surface area contributed by atoms with Crippen LogP contribution in [-0.4, -0.2) is 35.8 Å². The van der Waals surface area contributed by atoms with E-state index < -0.39 is 30.3 Å². The van der Waals surface area contributed by atoms with Gasteiger partial charge in [0.1, 0.15) is 11.9 Å². The molecule has 0 saturated heterocycles. The van der Waals surface area contributed by atoms with E-state index in [0.717, 1.165) is 13.3 Å². The van der Waals surface area contributed by atoms with Crippen molar-refractivity contribution < 1.29 is 23.4 Å². The highest BCUT2D eigenvalue weighted by atomic mass is 19.1. The Morgan fingerprint density at radius 1 is 1.69 bits per heavy atom. The summed E-state index contributed by atoms with van der Waals surface area (Å²) >= 11 is 0. The molecule has 0 aliphatic rings. The van der Waals surface area contributed by atoms with Crippen molar-refractivity contribution in [2.24, 2.45) is 0 Å². The number of nitrogens with one attached hydrogen (secondary N) is 1. The molecule has 5 nitrogen and oxygen atoms in total. The molecule has 0 bridgehead atoms. The number of rotatable bonds is 4. The third-order valence-corrected chi connectivity index (χ3v) is 1.79. The second-order valence-electron chi connectivity index (χ2n) is 2.89. The van der Waals surface area contributed by atoms with Gasteiger partial charge in [-0.05, 0) is 0 Å². The van der Waals surface area contributed by atoms with Gasteiger partial charge in [-0.15, -0.1) is 0 Å². The fourth-order valence-corrected chi connectivity index (χ4v) is 1.01. The van der Waals surface area contributed by atoms with Crippen LogP contribution < -0.4 is 5.32 Å². The summed E-state index contributed by atoms with van der Waals surface area (Å²) in [5.74, 6) is -2.89. The lowest BCUT2D eigenvalue weighted by Crippen LogP contribution is -2.34. The van der Waals surface area contributed by atoms with E-state index in [4.69, 9.17) is 5.11 Å². The molecule has 0 aliphatic carbocycles. The van der Waals surface area contributed by atoms with E-state index in [0.29, 0.717) is 6.07 Å². The number of carbonyl (C=O) groups is 1. The number of aromatic nitrogens is 1. The standard InChI is InChI=1S/C9H10F2N2O3/c1-16-9(15)7(4-14)13-8-6(11)2-5(10)3-12-8/h2-3,7,14H,4H2,1H3,(H,12,13). The van der Waals surface area contributed by atoms with Gasteiger partial charge < -0.3 is 15.2 Å². The summed E-state index contributed by atoms with van der Waals surface area (Å²) in [4.78, 5) is 14.5. The molecular weight excluding hydrogens is 222 g/mol. The molecular formula is C9H10F2N2O3. The second-order valence-corrected chi connectivity index (χ2v) is 2.89. The van der Waals surface area contributed by atoms with Gasteiger partial charge in [0.25, 0.3) is 0 Å². The van der Waals surface area contributed by atoms with Crippen molar-refractivity contribution in [3.63, 3.8) is 0 Å². The summed E-state index contributed by atoms with van der Waals surface area (Å²) in [5, 5.41) is 11.1. The fraction of sp³-hybridized carbons (Fsp3) is 0.333. The Morgan fingerprint density at radius 3 is 2.88 bits per heavy atom. The fourth-order valence-electron chi connectivity index (χ4n) is 1.01. The Morgan fingerprint density at radius 2 is 2.38 bits per heavy atom. The minimum atomic E-state index is -1.14. The molecule has 1 atom stereocenters. The van der Waals surface area contributed by atoms with Crippen LogP contribution in [-0.2, 0) is 9.53 Å². The van der Waals surface area contributed by atoms with Crippen LogP contribution in [0.4, 0.5) is 14.6 Å². The molecule has 1 aromatic heterocycles. The second kappa shape index (κ2) is 5.36. The number of aliphatic hydroxyl groups is 1. The number of aliphatic hydroxyl groups excluding tert-OH is 1. The third kappa shape index (κ3) is 2.86. The summed E-state index contributed by atoms with van der Waals surface area (Å²) < 4.78 is 30.0. The molecule has 7 heteroatoms. The summed E-state index contributed by atoms with van der Waals surface area (Å²) in [6, 6.07) is -0.529. The summed E-state index contributed by atoms with van der Waals surface area (Å²) in [5.41, 5.74) is 0. The molecule has 0 saturated carbocycles. The number of nitrogens with zero attached hydrogens (tertiary/aromatic N) is 1. The molecule has 1 heterocycles. The maximum absolute atomic E-state index is 13.1. The molecule has 1 aromatic rings. The van der Waals surface area contributed by atoms with Crippen LogP contribution >= 0.6 is 0 Å². The molecule has 0 spiro atoms. The minimum absolute atomic E-state index is 0.328. The van der Waals surface area contributed by atoms with Crippen LogP contribution in [0.2, 0.25) is 0 Å². The topological polar surface area (TPSA) is 71.5 Å². The zero-order chi connectivity index (χ0) is 12.1. The predicted molar refractivity (Wildman–Crippen MR) is 50.7 cm³/mol. The number of hydrogen-bond acceptors (Lipinski definition) is 5. The molecule has 0 fully saturated rings. The van der Waals surface area contributed by atoms with Crippen molar-refractivity contribution in [2.45, 2.75) is 6.04 Å². The van der Waals surface area contributed by atoms with Crippen molar-refractivity contribution in [3.8, 4) is 0 Å². The Labute approximate surface area is 90.1 Å². The molecule has 0 radical (unpaired) electrons. The molecule has 2 N–H and O–H groups in total. The van der Waals surface area contributed by atoms with E-state index in [1.807, 2.05) is 0 Å². The number of anilines is 1. The molecule has 88 valence electrons. The molecule has 1 unspecified atom stereocenters. The highest BCUT2D eigenvalue weighted by Gasteiger charge is 2.19. The maximum atomic E-state index is 13.1. The highest BCUT2D eigenvalue weighted by Crippen LogP contribution is 2.12. The molecule has 0 aliphatic heterocycles. The molecule has 16 heavy (non-hydrogen) atoms. The molecule has 0 aromatic carbocycles. The lowest BCUT2D eigenvalue weighted by atomic mass is 10.3. The number of halogens is 2. The number of carbonyl (C=O) groups excluding carboxylic acids is 1. The third-order valence-electron chi connectivity index (χ3n) is 1.79. The van der Waals surface area contributed by atoms with Gasteiger partial charge in [-0.2, -0.15) is 0 Å². The largest absolute Gasteiger partial charge is 0.467 e. The van der Waals surface area contributed by atoms with E-state index in [1.54, 1.807) is 0 Å². The van der Waals surface area contributed by atoms with Crippen molar-refractivity contribution in [2.75, 3.05) is 19.0 Å². The summed E-state index contributed by atoms with van der Waals surface area (Å²) in [7, 11) is 1.13. The first-order valence-corrected chi connectivity index (χ1v) is 4.34. The Hall–Kier alpha value is -1.76. The summed E-state index contributed by atoms with van der Waals surface area (Å²) in [6.07, 6.45) is 0.789. The number of esters is 1. The highest BCUT2D eigenvalue weighted by molar-refractivity contribution is 5.78. The van der Waals surface area contributed by atoms with Gasteiger partial charge in [0.05, 0.1) is 19.9 Å². The SMILES string of the molecule is COC(=O)C(CO)Nc1ncc(F)cc1F. The van der Waals surface area contributed by atoms with E-state index >= 15 is 0 Å². The van der Waals surface area contributed by atoms with Crippen LogP contribution in [0.25, 0.3) is 0 Å². The van der Waals surface area contributed by atoms with Crippen LogP contribution in [0, 0.1) is 11.6 Å². The van der Waals surface area contributed by atoms with Gasteiger partial charge in [-0.25, -0.2) is 18.6 Å². The van der Waals surface area contributed by atoms with Crippen LogP contribution in [0.1, 0.15) is 0 Å². The normalized spacial score (nSPS) is 12.0. The van der Waals surface area contributed by atoms with Crippen molar-refractivity contribution in [1.82, 2.24) is 4.98 Å². The maximum Gasteiger partial charge on any atom is 0.330 e. The Balaban J connectivity index is 2.82. The van der Waals surface area contributed by atoms with Gasteiger partial charge in [-0.3, -0.25) is 0 Å². The average molecular weight is 232 g/mol. The quantitative estimate of drug-likeness (QED) is 0.731. The van der Waals surface area contributed by atoms with E-state index in [1.165, 1.54) is 0 Å². The monoisotopic (exact) mass is 232 g/mol. The lowest BCUT2D eigenvalue weighted by molar-refractivity contribution is -0.142. The first kappa shape index (κ1) is 12.3. The molecule has 0 amide bonds. The van der Waals surface area contributed by atoms with Gasteiger partial charge in [0, 0.05) is 6.07 Å². The number of methoxy groups -OCH3 is 1. The van der Waals surface area contributed by atoms with Crippen LogP contribution in [0.3, 0.4) is 0 Å². The van der Waals surface area contributed by atoms with Gasteiger partial charge in [0.15, 0.2) is 11.6 Å². The predicted octanol–water partition coefficient (Wildman–Crippen LogP) is 0.306. The van der Waals surface area contributed by atoms with Crippen molar-refractivity contribution in [1.29, 1.82) is 0 Å². The Kier molecular flexibility index (Phi) is 4.12. The lowest BCUT2D eigenvalue weighted by Gasteiger charge is -2.14. The Bertz CT molecular complexity index is 387. The summed E-state index contributed by atoms with van der Waals surface area (Å²) in [6.45, 7) is -0.592. The average Bonchev–Trinajstić information content (AvgIpc) is 2.27. The number of pyridine rings is 1. The van der Waals surface area contributed by atoms with E-state index in [-0.39, 0.29) is 5.82 Å². The zero-order valence-corrected chi connectivity index (χ0v) is 8.41. The van der Waals surface area contributed by atoms with Gasteiger partial charge in [-0.1, -0.05) is 0 Å². The van der Waals surface area contributed by atoms with Gasteiger partial charge >= 0.3 is 5.97 Å². The first-order valence-electron chi connectivity index (χ1n) is 4.34. The van der Waals surface area contributed by atoms with E-state index in [2.05, 4.69) is 15.0 Å². The molecule has 1 rings (SSSR count). The van der Waals surface area contributed by atoms with E-state index in [9.17, 15) is 13.6 Å². The number of ether oxygens (including phenoxy) is 1.